The molecule has 0 aromatic heterocycles. The van der Waals surface area contributed by atoms with E-state index < -0.39 is 12.1 Å². The van der Waals surface area contributed by atoms with Gasteiger partial charge in [0.25, 0.3) is 5.91 Å². The van der Waals surface area contributed by atoms with Gasteiger partial charge in [0.2, 0.25) is 0 Å². The van der Waals surface area contributed by atoms with Crippen molar-refractivity contribution in [3.8, 4) is 5.75 Å². The smallest absolute Gasteiger partial charge is 0.319 e. The van der Waals surface area contributed by atoms with Gasteiger partial charge in [-0.1, -0.05) is 30.3 Å². The Morgan fingerprint density at radius 3 is 2.26 bits per heavy atom. The van der Waals surface area contributed by atoms with Crippen molar-refractivity contribution in [2.24, 2.45) is 5.73 Å². The average Bonchev–Trinajstić information content (AvgIpc) is 2.69. The minimum Gasteiger partial charge on any atom is -0.497 e. The monoisotopic (exact) mass is 369 g/mol. The molecular weight excluding hydrogens is 344 g/mol. The molecule has 3 amide bonds. The SMILES string of the molecule is COc1ccc(N2CC[NH+]([C@@H](C(=O)NC(N)=O)c3ccccc3)CC2)cc1. The van der Waals surface area contributed by atoms with Crippen molar-refractivity contribution in [2.45, 2.75) is 6.04 Å². The van der Waals surface area contributed by atoms with Crippen LogP contribution in [0.3, 0.4) is 0 Å². The lowest BCUT2D eigenvalue weighted by Crippen LogP contribution is -3.16. The van der Waals surface area contributed by atoms with Crippen LogP contribution in [0.15, 0.2) is 54.6 Å². The molecule has 27 heavy (non-hydrogen) atoms. The van der Waals surface area contributed by atoms with Gasteiger partial charge in [-0.3, -0.25) is 10.1 Å². The maximum absolute atomic E-state index is 12.6. The summed E-state index contributed by atoms with van der Waals surface area (Å²) in [6.07, 6.45) is 0. The van der Waals surface area contributed by atoms with Crippen LogP contribution in [0, 0.1) is 0 Å². The van der Waals surface area contributed by atoms with Crippen LogP contribution in [-0.4, -0.2) is 45.2 Å². The van der Waals surface area contributed by atoms with Crippen LogP contribution in [-0.2, 0) is 4.79 Å². The molecule has 1 heterocycles. The number of nitrogens with two attached hydrogens (primary N) is 1. The molecular formula is C20H25N4O3+. The van der Waals surface area contributed by atoms with E-state index in [0.717, 1.165) is 48.1 Å². The van der Waals surface area contributed by atoms with Crippen LogP contribution in [0.2, 0.25) is 0 Å². The molecule has 2 aromatic rings. The summed E-state index contributed by atoms with van der Waals surface area (Å²) in [6.45, 7) is 3.18. The lowest BCUT2D eigenvalue weighted by molar-refractivity contribution is -0.922. The first-order valence-electron chi connectivity index (χ1n) is 8.97. The van der Waals surface area contributed by atoms with Gasteiger partial charge in [-0.05, 0) is 24.3 Å². The number of benzene rings is 2. The van der Waals surface area contributed by atoms with Crippen molar-refractivity contribution < 1.29 is 19.2 Å². The second kappa shape index (κ2) is 8.55. The third kappa shape index (κ3) is 4.57. The maximum Gasteiger partial charge on any atom is 0.319 e. The molecule has 1 saturated heterocycles. The molecule has 0 aliphatic carbocycles. The predicted molar refractivity (Wildman–Crippen MR) is 103 cm³/mol. The summed E-state index contributed by atoms with van der Waals surface area (Å²) >= 11 is 0. The lowest BCUT2D eigenvalue weighted by atomic mass is 10.0. The molecule has 1 fully saturated rings. The molecule has 4 N–H and O–H groups in total. The quantitative estimate of drug-likeness (QED) is 0.709. The normalized spacial score (nSPS) is 15.8. The van der Waals surface area contributed by atoms with Crippen molar-refractivity contribution >= 4 is 17.6 Å². The van der Waals surface area contributed by atoms with Gasteiger partial charge in [-0.15, -0.1) is 0 Å². The maximum atomic E-state index is 12.6. The number of hydrogen-bond donors (Lipinski definition) is 3. The molecule has 1 atom stereocenters. The van der Waals surface area contributed by atoms with Gasteiger partial charge in [0.15, 0.2) is 6.04 Å². The van der Waals surface area contributed by atoms with Crippen molar-refractivity contribution in [1.29, 1.82) is 0 Å². The van der Waals surface area contributed by atoms with Gasteiger partial charge >= 0.3 is 6.03 Å². The number of piperazine rings is 1. The molecule has 7 heteroatoms. The van der Waals surface area contributed by atoms with Crippen molar-refractivity contribution in [1.82, 2.24) is 5.32 Å². The first-order valence-corrected chi connectivity index (χ1v) is 8.97. The number of methoxy groups -OCH3 is 1. The Balaban J connectivity index is 1.71. The molecule has 2 aromatic carbocycles. The molecule has 0 spiro atoms. The average molecular weight is 369 g/mol. The first-order chi connectivity index (χ1) is 13.1. The highest BCUT2D eigenvalue weighted by Gasteiger charge is 2.34. The minimum absolute atomic E-state index is 0.360. The van der Waals surface area contributed by atoms with E-state index in [1.165, 1.54) is 0 Å². The van der Waals surface area contributed by atoms with Crippen LogP contribution in [0.1, 0.15) is 11.6 Å². The molecule has 0 unspecified atom stereocenters. The zero-order chi connectivity index (χ0) is 19.2. The lowest BCUT2D eigenvalue weighted by Gasteiger charge is -2.37. The first kappa shape index (κ1) is 18.7. The molecule has 1 aliphatic heterocycles. The highest BCUT2D eigenvalue weighted by Crippen LogP contribution is 2.19. The van der Waals surface area contributed by atoms with E-state index in [-0.39, 0.29) is 5.91 Å². The summed E-state index contributed by atoms with van der Waals surface area (Å²) in [7, 11) is 1.65. The van der Waals surface area contributed by atoms with Gasteiger partial charge in [0.1, 0.15) is 5.75 Å². The van der Waals surface area contributed by atoms with Crippen LogP contribution in [0.5, 0.6) is 5.75 Å². The van der Waals surface area contributed by atoms with Crippen LogP contribution < -0.4 is 25.6 Å². The van der Waals surface area contributed by atoms with E-state index in [9.17, 15) is 9.59 Å². The fourth-order valence-corrected chi connectivity index (χ4v) is 3.55. The Hall–Kier alpha value is -3.06. The number of nitrogens with zero attached hydrogens (tertiary/aromatic N) is 1. The number of ether oxygens (including phenoxy) is 1. The zero-order valence-electron chi connectivity index (χ0n) is 15.4. The summed E-state index contributed by atoms with van der Waals surface area (Å²) in [5.41, 5.74) is 7.17. The Morgan fingerprint density at radius 1 is 1.07 bits per heavy atom. The molecule has 3 rings (SSSR count). The second-order valence-corrected chi connectivity index (χ2v) is 6.54. The number of carbonyl (C=O) groups excluding carboxylic acids is 2. The largest absolute Gasteiger partial charge is 0.497 e. The van der Waals surface area contributed by atoms with E-state index >= 15 is 0 Å². The second-order valence-electron chi connectivity index (χ2n) is 6.54. The summed E-state index contributed by atoms with van der Waals surface area (Å²) in [4.78, 5) is 27.2. The summed E-state index contributed by atoms with van der Waals surface area (Å²) in [5.74, 6) is 0.469. The molecule has 7 nitrogen and oxygen atoms in total. The van der Waals surface area contributed by atoms with E-state index in [0.29, 0.717) is 0 Å². The third-order valence-corrected chi connectivity index (χ3v) is 4.89. The van der Waals surface area contributed by atoms with E-state index in [4.69, 9.17) is 10.5 Å². The van der Waals surface area contributed by atoms with Gasteiger partial charge in [-0.25, -0.2) is 4.79 Å². The number of primary amides is 1. The number of urea groups is 1. The van der Waals surface area contributed by atoms with Crippen molar-refractivity contribution in [2.75, 3.05) is 38.2 Å². The van der Waals surface area contributed by atoms with E-state index in [1.54, 1.807) is 7.11 Å². The third-order valence-electron chi connectivity index (χ3n) is 4.89. The predicted octanol–water partition coefficient (Wildman–Crippen LogP) is 0.336. The Bertz CT molecular complexity index is 772. The number of hydrogen-bond acceptors (Lipinski definition) is 4. The summed E-state index contributed by atoms with van der Waals surface area (Å²) in [6, 6.07) is 16.2. The minimum atomic E-state index is -0.822. The number of rotatable bonds is 5. The Morgan fingerprint density at radius 2 is 1.70 bits per heavy atom. The van der Waals surface area contributed by atoms with Crippen molar-refractivity contribution in [3.63, 3.8) is 0 Å². The van der Waals surface area contributed by atoms with Gasteiger partial charge < -0.3 is 20.3 Å². The molecule has 0 bridgehead atoms. The van der Waals surface area contributed by atoms with Gasteiger partial charge in [-0.2, -0.15) is 0 Å². The fourth-order valence-electron chi connectivity index (χ4n) is 3.55. The van der Waals surface area contributed by atoms with Crippen molar-refractivity contribution in [3.05, 3.63) is 60.2 Å². The molecule has 0 radical (unpaired) electrons. The summed E-state index contributed by atoms with van der Waals surface area (Å²) < 4.78 is 5.21. The van der Waals surface area contributed by atoms with Crippen LogP contribution in [0.4, 0.5) is 10.5 Å². The molecule has 142 valence electrons. The van der Waals surface area contributed by atoms with Gasteiger partial charge in [0.05, 0.1) is 33.3 Å². The van der Waals surface area contributed by atoms with Crippen LogP contribution in [0.25, 0.3) is 0 Å². The zero-order valence-corrected chi connectivity index (χ0v) is 15.4. The highest BCUT2D eigenvalue weighted by molar-refractivity contribution is 5.96. The standard InChI is InChI=1S/C20H24N4O3/c1-27-17-9-7-16(8-10-17)23-11-13-24(14-12-23)18(19(25)22-20(21)26)15-5-3-2-4-6-15/h2-10,18H,11-14H2,1H3,(H3,21,22,25,26)/p+1/t18-/m1/s1. The highest BCUT2D eigenvalue weighted by atomic mass is 16.5. The van der Waals surface area contributed by atoms with Gasteiger partial charge in [0, 0.05) is 11.3 Å². The molecule has 0 saturated carbocycles. The number of quaternary nitrogens is 1. The number of anilines is 1. The Kier molecular flexibility index (Phi) is 5.93. The summed E-state index contributed by atoms with van der Waals surface area (Å²) in [5, 5.41) is 2.25. The number of imide groups is 1. The number of nitrogens with one attached hydrogen (secondary N) is 2. The Labute approximate surface area is 158 Å². The van der Waals surface area contributed by atoms with Crippen LogP contribution >= 0.6 is 0 Å². The number of carbonyl (C=O) groups is 2. The fraction of sp³-hybridized carbons (Fsp3) is 0.300. The molecule has 1 aliphatic rings. The van der Waals surface area contributed by atoms with E-state index in [2.05, 4.69) is 10.2 Å². The topological polar surface area (TPSA) is 89.1 Å². The number of amides is 3. The van der Waals surface area contributed by atoms with E-state index in [1.807, 2.05) is 54.6 Å².